The summed E-state index contributed by atoms with van der Waals surface area (Å²) in [4.78, 5) is 29.1. The molecule has 168 valence electrons. The van der Waals surface area contributed by atoms with Gasteiger partial charge in [-0.15, -0.1) is 0 Å². The zero-order valence-corrected chi connectivity index (χ0v) is 19.5. The fourth-order valence-electron chi connectivity index (χ4n) is 4.17. The van der Waals surface area contributed by atoms with Gasteiger partial charge in [-0.2, -0.15) is 0 Å². The molecule has 4 heterocycles. The number of nitrogens with one attached hydrogen (secondary N) is 1. The van der Waals surface area contributed by atoms with Crippen molar-refractivity contribution in [3.63, 3.8) is 0 Å². The Hall–Kier alpha value is -3.52. The summed E-state index contributed by atoms with van der Waals surface area (Å²) in [6, 6.07) is 11.6. The number of aryl methyl sites for hydroxylation is 1. The third-order valence-electron chi connectivity index (χ3n) is 5.84. The van der Waals surface area contributed by atoms with Gasteiger partial charge in [-0.25, -0.2) is 9.97 Å². The van der Waals surface area contributed by atoms with Crippen LogP contribution in [0.1, 0.15) is 35.3 Å². The number of piperidine rings is 1. The predicted octanol–water partition coefficient (Wildman–Crippen LogP) is 5.31. The molecule has 0 bridgehead atoms. The Balaban J connectivity index is 1.44. The molecule has 0 unspecified atom stereocenters. The van der Waals surface area contributed by atoms with Crippen LogP contribution >= 0.6 is 11.3 Å². The second-order valence-corrected chi connectivity index (χ2v) is 9.13. The number of hydrogen-bond acceptors (Lipinski definition) is 7. The summed E-state index contributed by atoms with van der Waals surface area (Å²) in [5, 5.41) is 3.50. The Kier molecular flexibility index (Phi) is 5.92. The van der Waals surface area contributed by atoms with Crippen LogP contribution in [0.3, 0.4) is 0 Å². The van der Waals surface area contributed by atoms with Crippen LogP contribution in [0, 0.1) is 6.92 Å². The van der Waals surface area contributed by atoms with Crippen molar-refractivity contribution < 1.29 is 9.53 Å². The molecule has 1 N–H and O–H groups in total. The van der Waals surface area contributed by atoms with Crippen LogP contribution in [0.5, 0.6) is 5.75 Å². The van der Waals surface area contributed by atoms with Gasteiger partial charge in [0.1, 0.15) is 17.1 Å². The molecule has 1 aliphatic heterocycles. The van der Waals surface area contributed by atoms with Crippen molar-refractivity contribution in [2.75, 3.05) is 30.4 Å². The van der Waals surface area contributed by atoms with Crippen LogP contribution in [0.4, 0.5) is 10.9 Å². The second-order valence-electron chi connectivity index (χ2n) is 8.10. The molecule has 1 aliphatic rings. The van der Waals surface area contributed by atoms with Crippen molar-refractivity contribution in [2.24, 2.45) is 0 Å². The van der Waals surface area contributed by atoms with Gasteiger partial charge < -0.3 is 9.64 Å². The van der Waals surface area contributed by atoms with Gasteiger partial charge in [-0.1, -0.05) is 29.5 Å². The number of thiazole rings is 1. The van der Waals surface area contributed by atoms with Crippen molar-refractivity contribution >= 4 is 38.4 Å². The molecule has 0 saturated carbocycles. The molecular weight excluding hydrogens is 434 g/mol. The van der Waals surface area contributed by atoms with E-state index in [4.69, 9.17) is 4.74 Å². The highest BCUT2D eigenvalue weighted by Gasteiger charge is 2.19. The molecule has 4 aromatic rings. The van der Waals surface area contributed by atoms with Crippen LogP contribution in [-0.2, 0) is 0 Å². The lowest BCUT2D eigenvalue weighted by Gasteiger charge is -2.27. The first-order valence-electron chi connectivity index (χ1n) is 11.1. The number of anilines is 2. The Morgan fingerprint density at radius 1 is 1.06 bits per heavy atom. The SMILES string of the molecule is COc1ccccc1-c1cc(C)ncc1C(=O)Nc1nc2cnc(N3CCCCC3)cc2s1. The molecule has 0 atom stereocenters. The third-order valence-corrected chi connectivity index (χ3v) is 6.78. The average molecular weight is 460 g/mol. The van der Waals surface area contributed by atoms with E-state index in [0.717, 1.165) is 45.9 Å². The highest BCUT2D eigenvalue weighted by Crippen LogP contribution is 2.34. The minimum atomic E-state index is -0.258. The quantitative estimate of drug-likeness (QED) is 0.435. The van der Waals surface area contributed by atoms with Gasteiger partial charge in [-0.3, -0.25) is 15.1 Å². The summed E-state index contributed by atoms with van der Waals surface area (Å²) < 4.78 is 6.53. The summed E-state index contributed by atoms with van der Waals surface area (Å²) in [5.41, 5.74) is 3.69. The molecule has 0 aliphatic carbocycles. The van der Waals surface area contributed by atoms with E-state index in [-0.39, 0.29) is 5.91 Å². The molecule has 3 aromatic heterocycles. The van der Waals surface area contributed by atoms with Crippen molar-refractivity contribution in [2.45, 2.75) is 26.2 Å². The van der Waals surface area contributed by atoms with E-state index in [9.17, 15) is 4.79 Å². The lowest BCUT2D eigenvalue weighted by atomic mass is 9.99. The number of amides is 1. The number of ether oxygens (including phenoxy) is 1. The molecule has 0 spiro atoms. The molecule has 33 heavy (non-hydrogen) atoms. The number of rotatable bonds is 5. The monoisotopic (exact) mass is 459 g/mol. The molecule has 7 nitrogen and oxygen atoms in total. The van der Waals surface area contributed by atoms with Gasteiger partial charge in [-0.05, 0) is 38.3 Å². The fraction of sp³-hybridized carbons (Fsp3) is 0.280. The van der Waals surface area contributed by atoms with Crippen LogP contribution in [0.25, 0.3) is 21.3 Å². The smallest absolute Gasteiger partial charge is 0.259 e. The summed E-state index contributed by atoms with van der Waals surface area (Å²) in [7, 11) is 1.62. The largest absolute Gasteiger partial charge is 0.496 e. The van der Waals surface area contributed by atoms with Crippen LogP contribution < -0.4 is 15.0 Å². The fourth-order valence-corrected chi connectivity index (χ4v) is 5.03. The van der Waals surface area contributed by atoms with Crippen LogP contribution in [0.15, 0.2) is 48.8 Å². The predicted molar refractivity (Wildman–Crippen MR) is 132 cm³/mol. The number of hydrogen-bond donors (Lipinski definition) is 1. The zero-order chi connectivity index (χ0) is 22.8. The van der Waals surface area contributed by atoms with E-state index in [1.807, 2.05) is 37.3 Å². The molecule has 1 aromatic carbocycles. The number of pyridine rings is 2. The summed E-state index contributed by atoms with van der Waals surface area (Å²) in [5.74, 6) is 1.42. The van der Waals surface area contributed by atoms with Gasteiger partial charge in [0.2, 0.25) is 0 Å². The minimum absolute atomic E-state index is 0.258. The molecule has 0 radical (unpaired) electrons. The van der Waals surface area contributed by atoms with Crippen molar-refractivity contribution in [1.29, 1.82) is 0 Å². The molecule has 5 rings (SSSR count). The number of benzene rings is 1. The number of aromatic nitrogens is 3. The minimum Gasteiger partial charge on any atom is -0.496 e. The first-order chi connectivity index (χ1) is 16.1. The van der Waals surface area contributed by atoms with E-state index >= 15 is 0 Å². The molecular formula is C25H25N5O2S. The Labute approximate surface area is 196 Å². The maximum absolute atomic E-state index is 13.3. The van der Waals surface area contributed by atoms with E-state index in [0.29, 0.717) is 16.4 Å². The van der Waals surface area contributed by atoms with Gasteiger partial charge in [0.05, 0.1) is 23.6 Å². The van der Waals surface area contributed by atoms with E-state index in [2.05, 4.69) is 31.2 Å². The third kappa shape index (κ3) is 4.39. The van der Waals surface area contributed by atoms with Crippen molar-refractivity contribution in [3.05, 3.63) is 60.0 Å². The summed E-state index contributed by atoms with van der Waals surface area (Å²) in [6.45, 7) is 3.97. The first-order valence-corrected chi connectivity index (χ1v) is 11.9. The Morgan fingerprint density at radius 3 is 2.70 bits per heavy atom. The number of methoxy groups -OCH3 is 1. The van der Waals surface area contributed by atoms with E-state index in [1.54, 1.807) is 19.5 Å². The van der Waals surface area contributed by atoms with E-state index in [1.165, 1.54) is 30.6 Å². The summed E-state index contributed by atoms with van der Waals surface area (Å²) >= 11 is 1.46. The Bertz CT molecular complexity index is 1310. The number of fused-ring (bicyclic) bond motifs is 1. The maximum Gasteiger partial charge on any atom is 0.259 e. The second kappa shape index (κ2) is 9.15. The number of nitrogens with zero attached hydrogens (tertiary/aromatic N) is 4. The highest BCUT2D eigenvalue weighted by atomic mass is 32.1. The normalized spacial score (nSPS) is 13.8. The number of para-hydroxylation sites is 1. The topological polar surface area (TPSA) is 80.2 Å². The van der Waals surface area contributed by atoms with Gasteiger partial charge in [0, 0.05) is 42.2 Å². The average Bonchev–Trinajstić information content (AvgIpc) is 3.25. The van der Waals surface area contributed by atoms with E-state index < -0.39 is 0 Å². The van der Waals surface area contributed by atoms with Crippen LogP contribution in [0.2, 0.25) is 0 Å². The molecule has 1 amide bonds. The van der Waals surface area contributed by atoms with Crippen molar-refractivity contribution in [1.82, 2.24) is 15.0 Å². The lowest BCUT2D eigenvalue weighted by Crippen LogP contribution is -2.29. The summed E-state index contributed by atoms with van der Waals surface area (Å²) in [6.07, 6.45) is 7.07. The molecule has 1 fully saturated rings. The highest BCUT2D eigenvalue weighted by molar-refractivity contribution is 7.22. The molecule has 1 saturated heterocycles. The molecule has 8 heteroatoms. The standard InChI is InChI=1S/C25H25N5O2S/c1-16-12-18(17-8-4-5-9-21(17)32-2)19(14-26-16)24(31)29-25-28-20-15-27-23(13-22(20)33-25)30-10-6-3-7-11-30/h4-5,8-9,12-15H,3,6-7,10-11H2,1-2H3,(H,28,29,31). The Morgan fingerprint density at radius 2 is 1.88 bits per heavy atom. The van der Waals surface area contributed by atoms with Gasteiger partial charge in [0.15, 0.2) is 5.13 Å². The van der Waals surface area contributed by atoms with Gasteiger partial charge >= 0.3 is 0 Å². The van der Waals surface area contributed by atoms with Crippen LogP contribution in [-0.4, -0.2) is 41.1 Å². The van der Waals surface area contributed by atoms with Crippen molar-refractivity contribution in [3.8, 4) is 16.9 Å². The number of carbonyl (C=O) groups excluding carboxylic acids is 1. The maximum atomic E-state index is 13.3. The number of carbonyl (C=O) groups is 1. The zero-order valence-electron chi connectivity index (χ0n) is 18.7. The lowest BCUT2D eigenvalue weighted by molar-refractivity contribution is 0.102. The first kappa shape index (κ1) is 21.3. The van der Waals surface area contributed by atoms with Gasteiger partial charge in [0.25, 0.3) is 5.91 Å².